The summed E-state index contributed by atoms with van der Waals surface area (Å²) in [6.07, 6.45) is 1.35. The number of imide groups is 1. The van der Waals surface area contributed by atoms with Gasteiger partial charge < -0.3 is 24.8 Å². The summed E-state index contributed by atoms with van der Waals surface area (Å²) in [6.45, 7) is 5.48. The van der Waals surface area contributed by atoms with Crippen molar-refractivity contribution in [3.63, 3.8) is 0 Å². The Kier molecular flexibility index (Phi) is 8.01. The van der Waals surface area contributed by atoms with Gasteiger partial charge in [0.25, 0.3) is 5.91 Å². The molecule has 0 unspecified atom stereocenters. The number of para-hydroxylation sites is 2. The zero-order chi connectivity index (χ0) is 24.8. The van der Waals surface area contributed by atoms with Gasteiger partial charge in [0.2, 0.25) is 5.91 Å². The maximum atomic E-state index is 12.8. The summed E-state index contributed by atoms with van der Waals surface area (Å²) in [5.41, 5.74) is 0.958. The summed E-state index contributed by atoms with van der Waals surface area (Å²) in [6, 6.07) is 9.38. The van der Waals surface area contributed by atoms with Crippen LogP contribution in [0.5, 0.6) is 17.2 Å². The van der Waals surface area contributed by atoms with Gasteiger partial charge in [-0.05, 0) is 56.7 Å². The van der Waals surface area contributed by atoms with Crippen LogP contribution in [-0.4, -0.2) is 49.1 Å². The number of hydrogen-bond acceptors (Lipinski definition) is 6. The molecule has 0 radical (unpaired) electrons. The Balaban J connectivity index is 1.78. The largest absolute Gasteiger partial charge is 0.495 e. The van der Waals surface area contributed by atoms with Gasteiger partial charge in [0, 0.05) is 0 Å². The molecule has 1 saturated heterocycles. The summed E-state index contributed by atoms with van der Waals surface area (Å²) >= 11 is 6.38. The summed E-state index contributed by atoms with van der Waals surface area (Å²) in [4.78, 5) is 38.5. The molecule has 0 saturated carbocycles. The van der Waals surface area contributed by atoms with E-state index in [0.29, 0.717) is 40.1 Å². The molecule has 9 nitrogen and oxygen atoms in total. The Bertz CT molecular complexity index is 1130. The van der Waals surface area contributed by atoms with Gasteiger partial charge in [0.1, 0.15) is 18.0 Å². The average Bonchev–Trinajstić information content (AvgIpc) is 3.03. The standard InChI is InChI=1S/C24H26ClN3O6/c1-5-33-20-12-15(10-16(25)22(20)34-14(2)3)11-18-23(30)28(24(31)27-18)13-21(29)26-17-8-6-7-9-19(17)32-4/h6-12,14H,5,13H2,1-4H3,(H,26,29)(H,27,31)/b18-11+. The summed E-state index contributed by atoms with van der Waals surface area (Å²) in [5.74, 6) is 0.0841. The fourth-order valence-corrected chi connectivity index (χ4v) is 3.51. The number of nitrogens with zero attached hydrogens (tertiary/aromatic N) is 1. The molecule has 34 heavy (non-hydrogen) atoms. The van der Waals surface area contributed by atoms with E-state index >= 15 is 0 Å². The molecule has 0 bridgehead atoms. The second-order valence-corrected chi connectivity index (χ2v) is 7.96. The van der Waals surface area contributed by atoms with Gasteiger partial charge in [-0.15, -0.1) is 0 Å². The Morgan fingerprint density at radius 1 is 1.21 bits per heavy atom. The molecule has 0 spiro atoms. The average molecular weight is 488 g/mol. The monoisotopic (exact) mass is 487 g/mol. The van der Waals surface area contributed by atoms with Crippen molar-refractivity contribution in [1.29, 1.82) is 0 Å². The Morgan fingerprint density at radius 3 is 2.62 bits per heavy atom. The van der Waals surface area contributed by atoms with Crippen molar-refractivity contribution in [2.75, 3.05) is 25.6 Å². The van der Waals surface area contributed by atoms with E-state index in [9.17, 15) is 14.4 Å². The van der Waals surface area contributed by atoms with Crippen LogP contribution in [0.4, 0.5) is 10.5 Å². The van der Waals surface area contributed by atoms with Gasteiger partial charge in [-0.2, -0.15) is 0 Å². The lowest BCUT2D eigenvalue weighted by Crippen LogP contribution is -2.38. The van der Waals surface area contributed by atoms with Gasteiger partial charge in [0.15, 0.2) is 11.5 Å². The minimum absolute atomic E-state index is 0.00568. The van der Waals surface area contributed by atoms with E-state index in [-0.39, 0.29) is 11.8 Å². The number of amides is 4. The molecule has 2 aromatic rings. The van der Waals surface area contributed by atoms with Crippen molar-refractivity contribution in [3.8, 4) is 17.2 Å². The highest BCUT2D eigenvalue weighted by atomic mass is 35.5. The normalized spacial score (nSPS) is 14.4. The van der Waals surface area contributed by atoms with E-state index in [1.165, 1.54) is 13.2 Å². The van der Waals surface area contributed by atoms with Crippen molar-refractivity contribution in [2.24, 2.45) is 0 Å². The molecule has 0 aromatic heterocycles. The van der Waals surface area contributed by atoms with E-state index in [4.69, 9.17) is 25.8 Å². The number of methoxy groups -OCH3 is 1. The molecule has 180 valence electrons. The fraction of sp³-hybridized carbons (Fsp3) is 0.292. The predicted octanol–water partition coefficient (Wildman–Crippen LogP) is 4.07. The third kappa shape index (κ3) is 5.79. The third-order valence-corrected chi connectivity index (χ3v) is 4.92. The molecule has 1 aliphatic rings. The van der Waals surface area contributed by atoms with Gasteiger partial charge in [-0.25, -0.2) is 9.69 Å². The first kappa shape index (κ1) is 24.9. The third-order valence-electron chi connectivity index (χ3n) is 4.64. The smallest absolute Gasteiger partial charge is 0.329 e. The first-order chi connectivity index (χ1) is 16.2. The summed E-state index contributed by atoms with van der Waals surface area (Å²) < 4.78 is 16.6. The van der Waals surface area contributed by atoms with Gasteiger partial charge in [-0.3, -0.25) is 9.59 Å². The van der Waals surface area contributed by atoms with Crippen LogP contribution in [0.25, 0.3) is 6.08 Å². The van der Waals surface area contributed by atoms with Crippen molar-refractivity contribution in [1.82, 2.24) is 10.2 Å². The lowest BCUT2D eigenvalue weighted by atomic mass is 10.1. The van der Waals surface area contributed by atoms with Crippen LogP contribution in [0.3, 0.4) is 0 Å². The molecule has 2 aromatic carbocycles. The second kappa shape index (κ2) is 10.9. The summed E-state index contributed by atoms with van der Waals surface area (Å²) in [5, 5.41) is 5.43. The second-order valence-electron chi connectivity index (χ2n) is 7.56. The number of urea groups is 1. The Labute approximate surface area is 202 Å². The van der Waals surface area contributed by atoms with Crippen LogP contribution in [-0.2, 0) is 9.59 Å². The van der Waals surface area contributed by atoms with E-state index < -0.39 is 24.4 Å². The summed E-state index contributed by atoms with van der Waals surface area (Å²) in [7, 11) is 1.48. The van der Waals surface area contributed by atoms with Crippen LogP contribution in [0, 0.1) is 0 Å². The molecule has 2 N–H and O–H groups in total. The number of hydrogen-bond donors (Lipinski definition) is 2. The lowest BCUT2D eigenvalue weighted by molar-refractivity contribution is -0.127. The minimum atomic E-state index is -0.706. The molecule has 3 rings (SSSR count). The molecule has 1 fully saturated rings. The van der Waals surface area contributed by atoms with E-state index in [2.05, 4.69) is 10.6 Å². The van der Waals surface area contributed by atoms with Gasteiger partial charge in [-0.1, -0.05) is 23.7 Å². The predicted molar refractivity (Wildman–Crippen MR) is 128 cm³/mol. The van der Waals surface area contributed by atoms with E-state index in [1.807, 2.05) is 20.8 Å². The van der Waals surface area contributed by atoms with Crippen LogP contribution in [0.2, 0.25) is 5.02 Å². The van der Waals surface area contributed by atoms with Gasteiger partial charge in [0.05, 0.1) is 30.5 Å². The van der Waals surface area contributed by atoms with Crippen LogP contribution in [0.1, 0.15) is 26.3 Å². The molecule has 0 aliphatic carbocycles. The van der Waals surface area contributed by atoms with Crippen molar-refractivity contribution in [3.05, 3.63) is 52.7 Å². The SMILES string of the molecule is CCOc1cc(/C=C2/NC(=O)N(CC(=O)Nc3ccccc3OC)C2=O)cc(Cl)c1OC(C)C. The number of rotatable bonds is 9. The Hall–Kier alpha value is -3.72. The highest BCUT2D eigenvalue weighted by molar-refractivity contribution is 6.32. The maximum absolute atomic E-state index is 12.8. The van der Waals surface area contributed by atoms with Gasteiger partial charge >= 0.3 is 6.03 Å². The molecule has 1 aliphatic heterocycles. The van der Waals surface area contributed by atoms with Crippen LogP contribution in [0.15, 0.2) is 42.1 Å². The number of anilines is 1. The van der Waals surface area contributed by atoms with E-state index in [0.717, 1.165) is 4.90 Å². The van der Waals surface area contributed by atoms with Crippen molar-refractivity contribution < 1.29 is 28.6 Å². The Morgan fingerprint density at radius 2 is 1.94 bits per heavy atom. The number of carbonyl (C=O) groups is 3. The minimum Gasteiger partial charge on any atom is -0.495 e. The highest BCUT2D eigenvalue weighted by Gasteiger charge is 2.35. The topological polar surface area (TPSA) is 106 Å². The first-order valence-electron chi connectivity index (χ1n) is 10.6. The van der Waals surface area contributed by atoms with Crippen LogP contribution >= 0.6 is 11.6 Å². The van der Waals surface area contributed by atoms with Crippen LogP contribution < -0.4 is 24.8 Å². The van der Waals surface area contributed by atoms with Crippen molar-refractivity contribution >= 4 is 41.2 Å². The molecular weight excluding hydrogens is 462 g/mol. The van der Waals surface area contributed by atoms with E-state index in [1.54, 1.807) is 36.4 Å². The maximum Gasteiger partial charge on any atom is 0.329 e. The number of nitrogens with one attached hydrogen (secondary N) is 2. The number of halogens is 1. The molecule has 1 heterocycles. The molecular formula is C24H26ClN3O6. The number of ether oxygens (including phenoxy) is 3. The molecule has 0 atom stereocenters. The zero-order valence-corrected chi connectivity index (χ0v) is 20.1. The fourth-order valence-electron chi connectivity index (χ4n) is 3.25. The highest BCUT2D eigenvalue weighted by Crippen LogP contribution is 2.38. The molecule has 4 amide bonds. The quantitative estimate of drug-likeness (QED) is 0.408. The number of benzene rings is 2. The lowest BCUT2D eigenvalue weighted by Gasteiger charge is -2.16. The first-order valence-corrected chi connectivity index (χ1v) is 11.0. The van der Waals surface area contributed by atoms with Crippen molar-refractivity contribution in [2.45, 2.75) is 26.9 Å². The zero-order valence-electron chi connectivity index (χ0n) is 19.3. The number of carbonyl (C=O) groups excluding carboxylic acids is 3. The molecule has 10 heteroatoms.